The fourth-order valence-electron chi connectivity index (χ4n) is 7.57. The normalized spacial score (nSPS) is 17.3. The molecule has 11 aliphatic rings. The quantitative estimate of drug-likeness (QED) is 0.142. The Morgan fingerprint density at radius 1 is 0.288 bits per heavy atom. The maximum Gasteiger partial charge on any atom is 0.180 e. The summed E-state index contributed by atoms with van der Waals surface area (Å²) >= 11 is 14.4. The minimum atomic E-state index is -0.750. The van der Waals surface area contributed by atoms with Crippen LogP contribution in [0.3, 0.4) is 0 Å². The largest absolute Gasteiger partial charge is 0.298 e. The van der Waals surface area contributed by atoms with Gasteiger partial charge in [0.1, 0.15) is 0 Å². The van der Waals surface area contributed by atoms with E-state index in [2.05, 4.69) is 155 Å². The zero-order valence-corrected chi connectivity index (χ0v) is 39.4. The van der Waals surface area contributed by atoms with Crippen molar-refractivity contribution < 1.29 is 0 Å². The van der Waals surface area contributed by atoms with Gasteiger partial charge in [-0.15, -0.1) is 0 Å². The molecule has 11 heterocycles. The summed E-state index contributed by atoms with van der Waals surface area (Å²) in [7, 11) is 0. The molecule has 0 fully saturated rings. The number of halogens is 3. The van der Waals surface area contributed by atoms with Gasteiger partial charge in [0.25, 0.3) is 0 Å². The average molecular weight is 934 g/mol. The number of benzene rings is 6. The van der Waals surface area contributed by atoms with Crippen LogP contribution in [-0.2, 0) is 0 Å². The molecule has 66 heavy (non-hydrogen) atoms. The highest BCUT2D eigenvalue weighted by atomic mass is 35.6. The first-order chi connectivity index (χ1) is 32.4. The molecule has 11 aliphatic heterocycles. The zero-order valence-electron chi connectivity index (χ0n) is 37.1. The van der Waals surface area contributed by atoms with E-state index in [0.717, 1.165) is 89.3 Å². The predicted molar refractivity (Wildman–Crippen MR) is 285 cm³/mol. The first-order valence-corrected chi connectivity index (χ1v) is 23.7. The second kappa shape index (κ2) is 26.3. The van der Waals surface area contributed by atoms with Crippen molar-refractivity contribution >= 4 is 72.1 Å². The molecular formula is C55H55Cl3N8. The number of rotatable bonds is 0. The number of hydrogen-bond acceptors (Lipinski definition) is 8. The van der Waals surface area contributed by atoms with Crippen molar-refractivity contribution in [1.29, 1.82) is 0 Å². The monoisotopic (exact) mass is 932 g/mol. The molecule has 0 aliphatic carbocycles. The standard InChI is InChI=1S/C54H54N8.CHCl3/c1-4-46-34-52(7-1)51-20-14-45(15-21-51)39-57-24-30-62-32-26-59-41-47-5-2-8-53(35-47)49-16-10-43(11-17-49)37-55-22-28-61(31-25-58-40-46)29-23-56-38-44-12-18-50(19-13-44)54-9-3-6-48(36-54)42-60-27-33-62;2-1(3)4/h1-21,34-42H,22-33H2;1H. The van der Waals surface area contributed by atoms with E-state index in [1.54, 1.807) is 0 Å². The molecule has 0 radical (unpaired) electrons. The van der Waals surface area contributed by atoms with Gasteiger partial charge in [0.05, 0.1) is 39.3 Å². The SMILES string of the molecule is C1=NCCN2CCN=Cc3ccc(cc3)-c3cccc(c3)C=NCCN(CCN=Cc3ccc(cc3)-c3cccc(c3)C=NCC2)CCN=Cc2cccc(c2)-c2ccc1cc2.ClC(Cl)Cl. The first-order valence-electron chi connectivity index (χ1n) is 22.4. The van der Waals surface area contributed by atoms with E-state index in [-0.39, 0.29) is 0 Å². The van der Waals surface area contributed by atoms with E-state index < -0.39 is 4.30 Å². The van der Waals surface area contributed by atoms with Gasteiger partial charge in [-0.25, -0.2) is 0 Å². The van der Waals surface area contributed by atoms with Gasteiger partial charge in [-0.2, -0.15) is 0 Å². The molecule has 0 N–H and O–H groups in total. The van der Waals surface area contributed by atoms with Gasteiger partial charge >= 0.3 is 0 Å². The van der Waals surface area contributed by atoms with E-state index in [1.165, 1.54) is 16.7 Å². The van der Waals surface area contributed by atoms with Crippen molar-refractivity contribution in [2.75, 3.05) is 78.5 Å². The van der Waals surface area contributed by atoms with Gasteiger partial charge in [-0.1, -0.05) is 162 Å². The molecular weight excluding hydrogens is 879 g/mol. The van der Waals surface area contributed by atoms with Crippen LogP contribution in [0.2, 0.25) is 0 Å². The summed E-state index contributed by atoms with van der Waals surface area (Å²) in [5, 5.41) is 0. The second-order valence-electron chi connectivity index (χ2n) is 15.9. The number of alkyl halides is 3. The summed E-state index contributed by atoms with van der Waals surface area (Å²) in [6.45, 7) is 9.04. The molecule has 6 aromatic rings. The van der Waals surface area contributed by atoms with E-state index in [0.29, 0.717) is 39.3 Å². The van der Waals surface area contributed by atoms with Crippen LogP contribution in [0.25, 0.3) is 33.4 Å². The molecule has 0 unspecified atom stereocenters. The van der Waals surface area contributed by atoms with Crippen LogP contribution >= 0.6 is 34.8 Å². The van der Waals surface area contributed by atoms with Crippen molar-refractivity contribution in [1.82, 2.24) is 9.80 Å². The van der Waals surface area contributed by atoms with E-state index >= 15 is 0 Å². The molecule has 336 valence electrons. The number of aliphatic imine (C=N–C) groups is 6. The van der Waals surface area contributed by atoms with Gasteiger partial charge in [0.2, 0.25) is 0 Å². The van der Waals surface area contributed by atoms with E-state index in [4.69, 9.17) is 64.8 Å². The predicted octanol–water partition coefficient (Wildman–Crippen LogP) is 11.2. The molecule has 0 spiro atoms. The molecule has 0 aromatic heterocycles. The van der Waals surface area contributed by atoms with Crippen molar-refractivity contribution in [2.24, 2.45) is 30.0 Å². The molecule has 6 aromatic carbocycles. The smallest absolute Gasteiger partial charge is 0.180 e. The maximum absolute atomic E-state index is 4.87. The van der Waals surface area contributed by atoms with Crippen molar-refractivity contribution in [3.05, 3.63) is 179 Å². The Morgan fingerprint density at radius 3 is 0.758 bits per heavy atom. The van der Waals surface area contributed by atoms with Crippen molar-refractivity contribution in [3.63, 3.8) is 0 Å². The molecule has 17 rings (SSSR count). The summed E-state index contributed by atoms with van der Waals surface area (Å²) in [6.07, 6.45) is 11.9. The first kappa shape index (κ1) is 48.1. The molecule has 11 heteroatoms. The topological polar surface area (TPSA) is 80.6 Å². The summed E-state index contributed by atoms with van der Waals surface area (Å²) in [5.41, 5.74) is 13.5. The average Bonchev–Trinajstić information content (AvgIpc) is 3.34. The molecule has 0 saturated carbocycles. The van der Waals surface area contributed by atoms with Gasteiger partial charge in [-0.3, -0.25) is 39.8 Å². The maximum atomic E-state index is 4.87. The number of hydrogen-bond donors (Lipinski definition) is 0. The Bertz CT molecular complexity index is 2480. The van der Waals surface area contributed by atoms with Crippen LogP contribution in [0.1, 0.15) is 33.4 Å². The lowest BCUT2D eigenvalue weighted by atomic mass is 10.0. The summed E-state index contributed by atoms with van der Waals surface area (Å²) < 4.78 is -0.750. The second-order valence-corrected chi connectivity index (χ2v) is 17.9. The third-order valence-electron chi connectivity index (χ3n) is 11.1. The third kappa shape index (κ3) is 16.2. The highest BCUT2D eigenvalue weighted by Gasteiger charge is 2.07. The third-order valence-corrected chi connectivity index (χ3v) is 11.1. The van der Waals surface area contributed by atoms with Crippen molar-refractivity contribution in [3.8, 4) is 33.4 Å². The lowest BCUT2D eigenvalue weighted by Crippen LogP contribution is -2.31. The van der Waals surface area contributed by atoms with Crippen LogP contribution in [0, 0.1) is 0 Å². The Hall–Kier alpha value is -5.87. The highest BCUT2D eigenvalue weighted by Crippen LogP contribution is 2.23. The zero-order chi connectivity index (χ0) is 45.6. The molecule has 0 saturated heterocycles. The van der Waals surface area contributed by atoms with Gasteiger partial charge in [-0.05, 0) is 85.0 Å². The fourth-order valence-corrected chi connectivity index (χ4v) is 7.57. The Labute approximate surface area is 404 Å². The van der Waals surface area contributed by atoms with Crippen LogP contribution in [0.4, 0.5) is 0 Å². The molecule has 0 atom stereocenters. The minimum Gasteiger partial charge on any atom is -0.298 e. The Balaban J connectivity index is 0.00000156. The highest BCUT2D eigenvalue weighted by molar-refractivity contribution is 6.63. The molecule has 14 bridgehead atoms. The van der Waals surface area contributed by atoms with Crippen molar-refractivity contribution in [2.45, 2.75) is 4.30 Å². The van der Waals surface area contributed by atoms with Gasteiger partial charge in [0, 0.05) is 76.6 Å². The van der Waals surface area contributed by atoms with Crippen LogP contribution < -0.4 is 0 Å². The van der Waals surface area contributed by atoms with Crippen LogP contribution in [0.15, 0.2) is 176 Å². The van der Waals surface area contributed by atoms with Gasteiger partial charge in [0.15, 0.2) is 4.30 Å². The molecule has 0 amide bonds. The van der Waals surface area contributed by atoms with E-state index in [9.17, 15) is 0 Å². The Morgan fingerprint density at radius 2 is 0.515 bits per heavy atom. The minimum absolute atomic E-state index is 0.685. The summed E-state index contributed by atoms with van der Waals surface area (Å²) in [5.74, 6) is 0. The van der Waals surface area contributed by atoms with Crippen LogP contribution in [0.5, 0.6) is 0 Å². The number of nitrogens with zero attached hydrogens (tertiary/aromatic N) is 8. The van der Waals surface area contributed by atoms with Crippen LogP contribution in [-0.4, -0.2) is 130 Å². The van der Waals surface area contributed by atoms with Gasteiger partial charge < -0.3 is 0 Å². The fraction of sp³-hybridized carbons (Fsp3) is 0.236. The lowest BCUT2D eigenvalue weighted by Gasteiger charge is -2.19. The lowest BCUT2D eigenvalue weighted by molar-refractivity contribution is 0.298. The Kier molecular flexibility index (Phi) is 19.2. The molecule has 8 nitrogen and oxygen atoms in total. The summed E-state index contributed by atoms with van der Waals surface area (Å²) in [4.78, 5) is 33.9. The summed E-state index contributed by atoms with van der Waals surface area (Å²) in [6, 6.07) is 51.6. The van der Waals surface area contributed by atoms with E-state index in [1.807, 2.05) is 37.3 Å².